The van der Waals surface area contributed by atoms with E-state index in [2.05, 4.69) is 4.72 Å². The Morgan fingerprint density at radius 3 is 2.43 bits per heavy atom. The molecule has 0 atom stereocenters. The molecule has 0 amide bonds. The summed E-state index contributed by atoms with van der Waals surface area (Å²) in [6.45, 7) is 5.13. The Kier molecular flexibility index (Phi) is 6.30. The lowest BCUT2D eigenvalue weighted by atomic mass is 10.1. The van der Waals surface area contributed by atoms with Crippen LogP contribution in [0.15, 0.2) is 50.5 Å². The molecular formula is C21H20ClNO6S. The van der Waals surface area contributed by atoms with Gasteiger partial charge in [0.1, 0.15) is 5.58 Å². The van der Waals surface area contributed by atoms with Crippen LogP contribution in [0.5, 0.6) is 5.75 Å². The van der Waals surface area contributed by atoms with Gasteiger partial charge < -0.3 is 9.15 Å². The van der Waals surface area contributed by atoms with Gasteiger partial charge in [0.2, 0.25) is 10.0 Å². The number of ether oxygens (including phenoxy) is 1. The zero-order valence-corrected chi connectivity index (χ0v) is 18.2. The highest BCUT2D eigenvalue weighted by atomic mass is 35.5. The summed E-state index contributed by atoms with van der Waals surface area (Å²) in [6, 6.07) is 9.29. The SMILES string of the molecule is Cc1ccc(S(=O)(=O)NCCC(=O)Oc2cc3oc(=O)c(C)c(C)c3cc2Cl)cc1. The first-order chi connectivity index (χ1) is 14.1. The number of hydrogen-bond acceptors (Lipinski definition) is 6. The number of halogens is 1. The summed E-state index contributed by atoms with van der Waals surface area (Å²) in [6.07, 6.45) is -0.212. The number of aryl methyl sites for hydroxylation is 2. The van der Waals surface area contributed by atoms with Gasteiger partial charge >= 0.3 is 11.6 Å². The number of hydrogen-bond donors (Lipinski definition) is 1. The normalized spacial score (nSPS) is 11.6. The van der Waals surface area contributed by atoms with Crippen molar-refractivity contribution in [3.63, 3.8) is 0 Å². The van der Waals surface area contributed by atoms with Gasteiger partial charge in [-0.15, -0.1) is 0 Å². The molecule has 0 aliphatic carbocycles. The maximum absolute atomic E-state index is 12.2. The van der Waals surface area contributed by atoms with Crippen LogP contribution in [-0.4, -0.2) is 20.9 Å². The molecule has 2 aromatic carbocycles. The molecule has 0 spiro atoms. The Morgan fingerprint density at radius 2 is 1.77 bits per heavy atom. The number of benzene rings is 2. The average molecular weight is 450 g/mol. The van der Waals surface area contributed by atoms with Gasteiger partial charge in [-0.1, -0.05) is 29.3 Å². The van der Waals surface area contributed by atoms with Crippen LogP contribution in [0.2, 0.25) is 5.02 Å². The summed E-state index contributed by atoms with van der Waals surface area (Å²) in [5, 5.41) is 0.815. The fraction of sp³-hybridized carbons (Fsp3) is 0.238. The van der Waals surface area contributed by atoms with Crippen molar-refractivity contribution >= 4 is 38.6 Å². The van der Waals surface area contributed by atoms with Gasteiger partial charge in [0.05, 0.1) is 16.3 Å². The van der Waals surface area contributed by atoms with E-state index in [-0.39, 0.29) is 34.2 Å². The van der Waals surface area contributed by atoms with Gasteiger partial charge in [-0.2, -0.15) is 0 Å². The molecule has 9 heteroatoms. The molecule has 0 aliphatic rings. The van der Waals surface area contributed by atoms with Crippen molar-refractivity contribution in [2.24, 2.45) is 0 Å². The Morgan fingerprint density at radius 1 is 1.10 bits per heavy atom. The van der Waals surface area contributed by atoms with Crippen molar-refractivity contribution in [1.82, 2.24) is 4.72 Å². The second kappa shape index (κ2) is 8.59. The molecule has 1 N–H and O–H groups in total. The fourth-order valence-corrected chi connectivity index (χ4v) is 4.02. The highest BCUT2D eigenvalue weighted by molar-refractivity contribution is 7.89. The van der Waals surface area contributed by atoms with E-state index in [0.29, 0.717) is 10.9 Å². The van der Waals surface area contributed by atoms with Crippen LogP contribution >= 0.6 is 11.6 Å². The average Bonchev–Trinajstić information content (AvgIpc) is 2.68. The Hall–Kier alpha value is -2.68. The van der Waals surface area contributed by atoms with E-state index in [0.717, 1.165) is 11.1 Å². The Bertz CT molecular complexity index is 1280. The maximum Gasteiger partial charge on any atom is 0.339 e. The first-order valence-corrected chi connectivity index (χ1v) is 10.9. The van der Waals surface area contributed by atoms with Gasteiger partial charge in [-0.05, 0) is 44.5 Å². The molecule has 0 fully saturated rings. The summed E-state index contributed by atoms with van der Waals surface area (Å²) in [5.41, 5.74) is 1.90. The predicted molar refractivity (Wildman–Crippen MR) is 114 cm³/mol. The van der Waals surface area contributed by atoms with Gasteiger partial charge in [-0.25, -0.2) is 17.9 Å². The third-order valence-electron chi connectivity index (χ3n) is 4.69. The van der Waals surface area contributed by atoms with Crippen LogP contribution in [-0.2, 0) is 14.8 Å². The van der Waals surface area contributed by atoms with Crippen LogP contribution in [0.3, 0.4) is 0 Å². The van der Waals surface area contributed by atoms with E-state index >= 15 is 0 Å². The molecule has 0 radical (unpaired) electrons. The zero-order chi connectivity index (χ0) is 22.1. The summed E-state index contributed by atoms with van der Waals surface area (Å²) >= 11 is 6.20. The number of fused-ring (bicyclic) bond motifs is 1. The molecule has 30 heavy (non-hydrogen) atoms. The third kappa shape index (κ3) is 4.72. The van der Waals surface area contributed by atoms with Crippen LogP contribution in [0, 0.1) is 20.8 Å². The fourth-order valence-electron chi connectivity index (χ4n) is 2.78. The summed E-state index contributed by atoms with van der Waals surface area (Å²) in [5.74, 6) is -0.656. The lowest BCUT2D eigenvalue weighted by Gasteiger charge is -2.10. The van der Waals surface area contributed by atoms with Crippen molar-refractivity contribution in [3.8, 4) is 5.75 Å². The topological polar surface area (TPSA) is 103 Å². The van der Waals surface area contributed by atoms with Gasteiger partial charge in [0.25, 0.3) is 0 Å². The summed E-state index contributed by atoms with van der Waals surface area (Å²) in [7, 11) is -3.73. The van der Waals surface area contributed by atoms with E-state index in [1.165, 1.54) is 18.2 Å². The van der Waals surface area contributed by atoms with Gasteiger partial charge in [0.15, 0.2) is 5.75 Å². The molecule has 1 aromatic heterocycles. The monoisotopic (exact) mass is 449 g/mol. The molecule has 7 nitrogen and oxygen atoms in total. The van der Waals surface area contributed by atoms with E-state index < -0.39 is 21.6 Å². The highest BCUT2D eigenvalue weighted by Crippen LogP contribution is 2.32. The van der Waals surface area contributed by atoms with E-state index in [9.17, 15) is 18.0 Å². The van der Waals surface area contributed by atoms with Gasteiger partial charge in [-0.3, -0.25) is 4.79 Å². The second-order valence-corrected chi connectivity index (χ2v) is 9.03. The summed E-state index contributed by atoms with van der Waals surface area (Å²) < 4.78 is 37.3. The number of rotatable bonds is 6. The molecule has 0 unspecified atom stereocenters. The molecule has 1 heterocycles. The number of sulfonamides is 1. The standard InChI is InChI=1S/C21H20ClNO6S/c1-12-4-6-15(7-5-12)30(26,27)23-9-8-20(24)28-19-11-18-16(10-17(19)22)13(2)14(3)21(25)29-18/h4-7,10-11,23H,8-9H2,1-3H3. The maximum atomic E-state index is 12.2. The van der Waals surface area contributed by atoms with Crippen molar-refractivity contribution in [1.29, 1.82) is 0 Å². The lowest BCUT2D eigenvalue weighted by Crippen LogP contribution is -2.27. The highest BCUT2D eigenvalue weighted by Gasteiger charge is 2.17. The minimum atomic E-state index is -3.73. The quantitative estimate of drug-likeness (QED) is 0.350. The van der Waals surface area contributed by atoms with Crippen molar-refractivity contribution < 1.29 is 22.4 Å². The molecule has 0 aliphatic heterocycles. The third-order valence-corrected chi connectivity index (χ3v) is 6.46. The molecule has 3 aromatic rings. The van der Waals surface area contributed by atoms with E-state index in [1.807, 2.05) is 6.92 Å². The van der Waals surface area contributed by atoms with E-state index in [1.54, 1.807) is 32.0 Å². The number of carbonyl (C=O) groups is 1. The molecule has 0 bridgehead atoms. The van der Waals surface area contributed by atoms with Crippen molar-refractivity contribution in [3.05, 3.63) is 68.5 Å². The summed E-state index contributed by atoms with van der Waals surface area (Å²) in [4.78, 5) is 24.1. The van der Waals surface area contributed by atoms with E-state index in [4.69, 9.17) is 20.8 Å². The number of carbonyl (C=O) groups excluding carboxylic acids is 1. The Balaban J connectivity index is 1.68. The van der Waals surface area contributed by atoms with Crippen LogP contribution < -0.4 is 15.1 Å². The molecule has 0 saturated carbocycles. The smallest absolute Gasteiger partial charge is 0.339 e. The molecule has 158 valence electrons. The Labute approximate surface area is 178 Å². The molecular weight excluding hydrogens is 430 g/mol. The van der Waals surface area contributed by atoms with Crippen molar-refractivity contribution in [2.45, 2.75) is 32.1 Å². The second-order valence-electron chi connectivity index (χ2n) is 6.85. The van der Waals surface area contributed by atoms with Crippen LogP contribution in [0.1, 0.15) is 23.1 Å². The minimum absolute atomic E-state index is 0.0296. The number of nitrogens with one attached hydrogen (secondary N) is 1. The first-order valence-electron chi connectivity index (χ1n) is 9.09. The first kappa shape index (κ1) is 22.0. The van der Waals surface area contributed by atoms with Gasteiger partial charge in [0, 0.05) is 23.6 Å². The van der Waals surface area contributed by atoms with Crippen molar-refractivity contribution in [2.75, 3.05) is 6.54 Å². The minimum Gasteiger partial charge on any atom is -0.425 e. The lowest BCUT2D eigenvalue weighted by molar-refractivity contribution is -0.134. The zero-order valence-electron chi connectivity index (χ0n) is 16.6. The van der Waals surface area contributed by atoms with Crippen LogP contribution in [0.25, 0.3) is 11.0 Å². The molecule has 0 saturated heterocycles. The largest absolute Gasteiger partial charge is 0.425 e. The molecule has 3 rings (SSSR count). The number of esters is 1. The predicted octanol–water partition coefficient (Wildman–Crippen LogP) is 3.65. The van der Waals surface area contributed by atoms with Crippen LogP contribution in [0.4, 0.5) is 0 Å².